The highest BCUT2D eigenvalue weighted by molar-refractivity contribution is 5.47. The van der Waals surface area contributed by atoms with Gasteiger partial charge in [0.25, 0.3) is 0 Å². The van der Waals surface area contributed by atoms with E-state index >= 15 is 0 Å². The van der Waals surface area contributed by atoms with E-state index in [2.05, 4.69) is 4.98 Å². The van der Waals surface area contributed by atoms with Crippen molar-refractivity contribution in [1.29, 1.82) is 0 Å². The Hall–Kier alpha value is -1.35. The van der Waals surface area contributed by atoms with Crippen molar-refractivity contribution in [3.8, 4) is 0 Å². The first kappa shape index (κ1) is 8.74. The summed E-state index contributed by atoms with van der Waals surface area (Å²) in [6, 6.07) is 5.45. The van der Waals surface area contributed by atoms with Crippen LogP contribution in [0.25, 0.3) is 6.08 Å². The number of nitrogen functional groups attached to an aromatic ring is 1. The summed E-state index contributed by atoms with van der Waals surface area (Å²) in [4.78, 5) is 4.05. The van der Waals surface area contributed by atoms with Crippen molar-refractivity contribution in [1.82, 2.24) is 4.98 Å². The van der Waals surface area contributed by atoms with Gasteiger partial charge < -0.3 is 10.8 Å². The normalized spacial score (nSPS) is 10.8. The van der Waals surface area contributed by atoms with Gasteiger partial charge >= 0.3 is 0 Å². The third-order valence-corrected chi connectivity index (χ3v) is 1.38. The van der Waals surface area contributed by atoms with Gasteiger partial charge in [-0.2, -0.15) is 0 Å². The Kier molecular flexibility index (Phi) is 3.29. The van der Waals surface area contributed by atoms with Crippen molar-refractivity contribution < 1.29 is 5.11 Å². The summed E-state index contributed by atoms with van der Waals surface area (Å²) >= 11 is 0. The molecule has 3 nitrogen and oxygen atoms in total. The average Bonchev–Trinajstić information content (AvgIpc) is 2.05. The fourth-order valence-corrected chi connectivity index (χ4v) is 0.840. The first-order valence-corrected chi connectivity index (χ1v) is 3.83. The van der Waals surface area contributed by atoms with Crippen LogP contribution in [0.4, 0.5) is 5.82 Å². The predicted octanol–water partition coefficient (Wildman–Crippen LogP) is 1.06. The largest absolute Gasteiger partial charge is 0.396 e. The number of aliphatic hydroxyl groups excluding tert-OH is 1. The average molecular weight is 164 g/mol. The highest BCUT2D eigenvalue weighted by atomic mass is 16.2. The molecule has 1 aromatic rings. The Morgan fingerprint density at radius 3 is 3.00 bits per heavy atom. The predicted molar refractivity (Wildman–Crippen MR) is 49.4 cm³/mol. The summed E-state index contributed by atoms with van der Waals surface area (Å²) < 4.78 is 0. The number of rotatable bonds is 3. The second-order valence-corrected chi connectivity index (χ2v) is 2.40. The van der Waals surface area contributed by atoms with E-state index in [1.807, 2.05) is 24.3 Å². The maximum absolute atomic E-state index is 8.50. The topological polar surface area (TPSA) is 59.1 Å². The lowest BCUT2D eigenvalue weighted by Crippen LogP contribution is -1.90. The minimum Gasteiger partial charge on any atom is -0.396 e. The molecule has 0 saturated carbocycles. The number of hydrogen-bond donors (Lipinski definition) is 2. The molecule has 0 saturated heterocycles. The van der Waals surface area contributed by atoms with E-state index in [1.54, 1.807) is 6.07 Å². The lowest BCUT2D eigenvalue weighted by atomic mass is 10.3. The molecule has 0 unspecified atom stereocenters. The van der Waals surface area contributed by atoms with Crippen LogP contribution in [0.3, 0.4) is 0 Å². The van der Waals surface area contributed by atoms with Gasteiger partial charge in [0.05, 0.1) is 5.69 Å². The van der Waals surface area contributed by atoms with Crippen LogP contribution in [-0.4, -0.2) is 16.7 Å². The first-order chi connectivity index (χ1) is 5.83. The minimum atomic E-state index is 0.165. The van der Waals surface area contributed by atoms with Crippen molar-refractivity contribution in [3.05, 3.63) is 30.0 Å². The van der Waals surface area contributed by atoms with E-state index in [9.17, 15) is 0 Å². The van der Waals surface area contributed by atoms with E-state index in [-0.39, 0.29) is 6.61 Å². The number of nitrogens with zero attached hydrogens (tertiary/aromatic N) is 1. The Balaban J connectivity index is 2.63. The number of nitrogens with two attached hydrogens (primary N) is 1. The summed E-state index contributed by atoms with van der Waals surface area (Å²) in [6.45, 7) is 0.165. The molecule has 0 amide bonds. The standard InChI is InChI=1S/C9H12N2O/c10-9-6-3-5-8(11-9)4-1-2-7-12/h1,3-6,12H,2,7H2,(H2,10,11). The van der Waals surface area contributed by atoms with Crippen LogP contribution in [0.15, 0.2) is 24.3 Å². The van der Waals surface area contributed by atoms with Gasteiger partial charge in [0, 0.05) is 6.61 Å². The van der Waals surface area contributed by atoms with E-state index < -0.39 is 0 Å². The van der Waals surface area contributed by atoms with Crippen molar-refractivity contribution >= 4 is 11.9 Å². The number of aliphatic hydroxyl groups is 1. The molecular weight excluding hydrogens is 152 g/mol. The minimum absolute atomic E-state index is 0.165. The van der Waals surface area contributed by atoms with Gasteiger partial charge in [0.1, 0.15) is 5.82 Å². The van der Waals surface area contributed by atoms with Crippen LogP contribution in [-0.2, 0) is 0 Å². The number of aromatic nitrogens is 1. The molecular formula is C9H12N2O. The molecule has 0 atom stereocenters. The molecule has 1 aromatic heterocycles. The molecule has 1 heterocycles. The molecule has 0 aromatic carbocycles. The molecule has 12 heavy (non-hydrogen) atoms. The summed E-state index contributed by atoms with van der Waals surface area (Å²) in [7, 11) is 0. The third-order valence-electron chi connectivity index (χ3n) is 1.38. The highest BCUT2D eigenvalue weighted by Crippen LogP contribution is 2.02. The quantitative estimate of drug-likeness (QED) is 0.702. The summed E-state index contributed by atoms with van der Waals surface area (Å²) in [6.07, 6.45) is 4.35. The molecule has 64 valence electrons. The number of anilines is 1. The smallest absolute Gasteiger partial charge is 0.124 e. The van der Waals surface area contributed by atoms with Gasteiger partial charge in [-0.05, 0) is 24.6 Å². The number of hydrogen-bond acceptors (Lipinski definition) is 3. The second kappa shape index (κ2) is 4.51. The molecule has 0 aliphatic rings. The lowest BCUT2D eigenvalue weighted by molar-refractivity contribution is 0.303. The lowest BCUT2D eigenvalue weighted by Gasteiger charge is -1.93. The molecule has 0 bridgehead atoms. The van der Waals surface area contributed by atoms with Gasteiger partial charge in [0.15, 0.2) is 0 Å². The van der Waals surface area contributed by atoms with Crippen LogP contribution in [0.5, 0.6) is 0 Å². The van der Waals surface area contributed by atoms with Gasteiger partial charge in [-0.1, -0.05) is 12.1 Å². The van der Waals surface area contributed by atoms with Crippen LogP contribution in [0.2, 0.25) is 0 Å². The Morgan fingerprint density at radius 1 is 1.50 bits per heavy atom. The van der Waals surface area contributed by atoms with Crippen molar-refractivity contribution in [2.24, 2.45) is 0 Å². The SMILES string of the molecule is Nc1cccc(C=CCCO)n1. The maximum Gasteiger partial charge on any atom is 0.124 e. The van der Waals surface area contributed by atoms with Gasteiger partial charge in [0.2, 0.25) is 0 Å². The molecule has 3 N–H and O–H groups in total. The van der Waals surface area contributed by atoms with Gasteiger partial charge in [-0.25, -0.2) is 4.98 Å². The van der Waals surface area contributed by atoms with Crippen LogP contribution < -0.4 is 5.73 Å². The summed E-state index contributed by atoms with van der Waals surface area (Å²) in [5, 5.41) is 8.50. The van der Waals surface area contributed by atoms with E-state index in [0.29, 0.717) is 12.2 Å². The van der Waals surface area contributed by atoms with Crippen molar-refractivity contribution in [2.45, 2.75) is 6.42 Å². The Morgan fingerprint density at radius 2 is 2.33 bits per heavy atom. The summed E-state index contributed by atoms with van der Waals surface area (Å²) in [5.74, 6) is 0.515. The second-order valence-electron chi connectivity index (χ2n) is 2.40. The van der Waals surface area contributed by atoms with Crippen molar-refractivity contribution in [2.75, 3.05) is 12.3 Å². The van der Waals surface area contributed by atoms with Crippen LogP contribution in [0.1, 0.15) is 12.1 Å². The Labute approximate surface area is 71.6 Å². The molecule has 0 aliphatic heterocycles. The van der Waals surface area contributed by atoms with Gasteiger partial charge in [-0.3, -0.25) is 0 Å². The Bertz CT molecular complexity index is 271. The zero-order chi connectivity index (χ0) is 8.81. The third kappa shape index (κ3) is 2.72. The van der Waals surface area contributed by atoms with Crippen LogP contribution in [0, 0.1) is 0 Å². The number of pyridine rings is 1. The monoisotopic (exact) mass is 164 g/mol. The fraction of sp³-hybridized carbons (Fsp3) is 0.222. The van der Waals surface area contributed by atoms with E-state index in [0.717, 1.165) is 5.69 Å². The first-order valence-electron chi connectivity index (χ1n) is 3.83. The summed E-state index contributed by atoms with van der Waals surface area (Å²) in [5.41, 5.74) is 6.29. The van der Waals surface area contributed by atoms with E-state index in [4.69, 9.17) is 10.8 Å². The molecule has 0 fully saturated rings. The molecule has 3 heteroatoms. The van der Waals surface area contributed by atoms with Gasteiger partial charge in [-0.15, -0.1) is 0 Å². The van der Waals surface area contributed by atoms with Crippen LogP contribution >= 0.6 is 0 Å². The molecule has 0 spiro atoms. The molecule has 1 rings (SSSR count). The molecule has 0 radical (unpaired) electrons. The zero-order valence-corrected chi connectivity index (χ0v) is 6.77. The van der Waals surface area contributed by atoms with Crippen molar-refractivity contribution in [3.63, 3.8) is 0 Å². The maximum atomic E-state index is 8.50. The van der Waals surface area contributed by atoms with E-state index in [1.165, 1.54) is 0 Å². The zero-order valence-electron chi connectivity index (χ0n) is 6.77. The highest BCUT2D eigenvalue weighted by Gasteiger charge is 1.87. The fourth-order valence-electron chi connectivity index (χ4n) is 0.840. The molecule has 0 aliphatic carbocycles.